The summed E-state index contributed by atoms with van der Waals surface area (Å²) < 4.78 is 31.9. The molecule has 0 aromatic heterocycles. The van der Waals surface area contributed by atoms with Crippen molar-refractivity contribution in [2.24, 2.45) is 5.92 Å². The van der Waals surface area contributed by atoms with Gasteiger partial charge in [0, 0.05) is 19.0 Å². The summed E-state index contributed by atoms with van der Waals surface area (Å²) in [5, 5.41) is 11.9. The molecule has 1 heterocycles. The van der Waals surface area contributed by atoms with Gasteiger partial charge in [-0.05, 0) is 50.5 Å². The quantitative estimate of drug-likeness (QED) is 0.719. The minimum atomic E-state index is -3.64. The molecule has 1 amide bonds. The number of rotatable bonds is 7. The molecule has 0 saturated carbocycles. The molecule has 0 radical (unpaired) electrons. The van der Waals surface area contributed by atoms with Crippen LogP contribution in [-0.2, 0) is 19.6 Å². The normalized spacial score (nSPS) is 18.5. The number of methoxy groups -OCH3 is 1. The fraction of sp³-hybridized carbons (Fsp3) is 0.556. The summed E-state index contributed by atoms with van der Waals surface area (Å²) in [7, 11) is -2.13. The lowest BCUT2D eigenvalue weighted by molar-refractivity contribution is -0.147. The number of carbonyl (C=O) groups is 2. The van der Waals surface area contributed by atoms with Crippen LogP contribution in [0.2, 0.25) is 0 Å². The van der Waals surface area contributed by atoms with E-state index in [0.717, 1.165) is 0 Å². The van der Waals surface area contributed by atoms with E-state index in [2.05, 4.69) is 5.32 Å². The van der Waals surface area contributed by atoms with Gasteiger partial charge in [-0.25, -0.2) is 13.2 Å². The highest BCUT2D eigenvalue weighted by molar-refractivity contribution is 7.89. The molecule has 1 aromatic carbocycles. The Morgan fingerprint density at radius 2 is 1.81 bits per heavy atom. The highest BCUT2D eigenvalue weighted by atomic mass is 32.2. The minimum absolute atomic E-state index is 0.177. The van der Waals surface area contributed by atoms with Gasteiger partial charge in [0.05, 0.1) is 12.0 Å². The number of hydrogen-bond donors (Lipinski definition) is 2. The van der Waals surface area contributed by atoms with E-state index < -0.39 is 27.4 Å². The van der Waals surface area contributed by atoms with Crippen molar-refractivity contribution in [2.45, 2.75) is 43.5 Å². The number of hydrogen-bond acceptors (Lipinski definition) is 5. The van der Waals surface area contributed by atoms with E-state index in [9.17, 15) is 23.1 Å². The van der Waals surface area contributed by atoms with Crippen molar-refractivity contribution in [3.8, 4) is 5.75 Å². The summed E-state index contributed by atoms with van der Waals surface area (Å²) in [4.78, 5) is 23.9. The number of sulfonamides is 1. The van der Waals surface area contributed by atoms with Gasteiger partial charge in [-0.3, -0.25) is 4.79 Å². The molecule has 1 unspecified atom stereocenters. The maximum Gasteiger partial charge on any atom is 0.329 e. The van der Waals surface area contributed by atoms with Gasteiger partial charge in [0.1, 0.15) is 11.3 Å². The first-order valence-corrected chi connectivity index (χ1v) is 10.3. The van der Waals surface area contributed by atoms with E-state index >= 15 is 0 Å². The Morgan fingerprint density at radius 1 is 1.26 bits per heavy atom. The molecule has 1 aliphatic rings. The second kappa shape index (κ2) is 8.26. The van der Waals surface area contributed by atoms with Crippen LogP contribution in [0, 0.1) is 5.92 Å². The molecule has 150 valence electrons. The summed E-state index contributed by atoms with van der Waals surface area (Å²) in [6, 6.07) is 6.16. The van der Waals surface area contributed by atoms with Crippen LogP contribution in [0.4, 0.5) is 0 Å². The van der Waals surface area contributed by atoms with Crippen LogP contribution >= 0.6 is 0 Å². The van der Waals surface area contributed by atoms with Crippen LogP contribution in [-0.4, -0.2) is 55.4 Å². The zero-order valence-corrected chi connectivity index (χ0v) is 16.6. The van der Waals surface area contributed by atoms with Crippen LogP contribution in [0.1, 0.15) is 33.1 Å². The van der Waals surface area contributed by atoms with Crippen molar-refractivity contribution in [1.82, 2.24) is 9.62 Å². The van der Waals surface area contributed by atoms with Crippen LogP contribution in [0.15, 0.2) is 29.2 Å². The molecule has 0 bridgehead atoms. The molecule has 2 rings (SSSR count). The summed E-state index contributed by atoms with van der Waals surface area (Å²) in [6.07, 6.45) is 0.958. The van der Waals surface area contributed by atoms with Crippen molar-refractivity contribution in [2.75, 3.05) is 20.2 Å². The van der Waals surface area contributed by atoms with Gasteiger partial charge in [-0.1, -0.05) is 6.92 Å². The topological polar surface area (TPSA) is 113 Å². The lowest BCUT2D eigenvalue weighted by Gasteiger charge is -2.33. The average molecular weight is 398 g/mol. The van der Waals surface area contributed by atoms with E-state index in [1.165, 1.54) is 30.5 Å². The number of amides is 1. The Balaban J connectivity index is 2.01. The predicted octanol–water partition coefficient (Wildman–Crippen LogP) is 1.47. The number of nitrogens with zero attached hydrogens (tertiary/aromatic N) is 1. The fourth-order valence-corrected chi connectivity index (χ4v) is 4.39. The van der Waals surface area contributed by atoms with Gasteiger partial charge in [-0.15, -0.1) is 0 Å². The molecule has 9 heteroatoms. The summed E-state index contributed by atoms with van der Waals surface area (Å²) in [6.45, 7) is 3.58. The monoisotopic (exact) mass is 398 g/mol. The minimum Gasteiger partial charge on any atom is -0.497 e. The highest BCUT2D eigenvalue weighted by Crippen LogP contribution is 2.26. The van der Waals surface area contributed by atoms with Crippen LogP contribution in [0.25, 0.3) is 0 Å². The first kappa shape index (κ1) is 21.2. The van der Waals surface area contributed by atoms with Crippen molar-refractivity contribution < 1.29 is 27.9 Å². The van der Waals surface area contributed by atoms with Gasteiger partial charge in [-0.2, -0.15) is 4.31 Å². The van der Waals surface area contributed by atoms with Crippen LogP contribution in [0.3, 0.4) is 0 Å². The lowest BCUT2D eigenvalue weighted by atomic mass is 9.93. The predicted molar refractivity (Wildman–Crippen MR) is 99.0 cm³/mol. The molecule has 27 heavy (non-hydrogen) atoms. The maximum atomic E-state index is 12.7. The SMILES string of the molecule is CCC(C)(NC(=O)C1CCN(S(=O)(=O)c2ccc(OC)cc2)CC1)C(=O)O. The highest BCUT2D eigenvalue weighted by Gasteiger charge is 2.37. The second-order valence-corrected chi connectivity index (χ2v) is 8.77. The van der Waals surface area contributed by atoms with Crippen LogP contribution in [0.5, 0.6) is 5.75 Å². The number of ether oxygens (including phenoxy) is 1. The Bertz CT molecular complexity index is 785. The van der Waals surface area contributed by atoms with Gasteiger partial charge >= 0.3 is 5.97 Å². The molecule has 1 aromatic rings. The van der Waals surface area contributed by atoms with E-state index in [0.29, 0.717) is 18.6 Å². The number of aliphatic carboxylic acids is 1. The molecule has 0 aliphatic carbocycles. The van der Waals surface area contributed by atoms with E-state index in [4.69, 9.17) is 4.74 Å². The molecule has 8 nitrogen and oxygen atoms in total. The third-order valence-corrected chi connectivity index (χ3v) is 7.01. The number of nitrogens with one attached hydrogen (secondary N) is 1. The fourth-order valence-electron chi connectivity index (χ4n) is 2.92. The number of benzene rings is 1. The van der Waals surface area contributed by atoms with Gasteiger partial charge in [0.2, 0.25) is 15.9 Å². The van der Waals surface area contributed by atoms with Gasteiger partial charge in [0.25, 0.3) is 0 Å². The zero-order chi connectivity index (χ0) is 20.2. The molecule has 1 saturated heterocycles. The molecule has 0 spiro atoms. The van der Waals surface area contributed by atoms with Crippen molar-refractivity contribution in [3.63, 3.8) is 0 Å². The van der Waals surface area contributed by atoms with Gasteiger partial charge < -0.3 is 15.2 Å². The number of carboxylic acids is 1. The molecule has 1 fully saturated rings. The molecular formula is C18H26N2O6S. The Labute approximate surface area is 159 Å². The maximum absolute atomic E-state index is 12.7. The molecular weight excluding hydrogens is 372 g/mol. The summed E-state index contributed by atoms with van der Waals surface area (Å²) in [5.41, 5.74) is -1.32. The van der Waals surface area contributed by atoms with Crippen molar-refractivity contribution in [1.29, 1.82) is 0 Å². The third-order valence-electron chi connectivity index (χ3n) is 5.10. The van der Waals surface area contributed by atoms with E-state index in [1.54, 1.807) is 19.1 Å². The summed E-state index contributed by atoms with van der Waals surface area (Å²) >= 11 is 0. The smallest absolute Gasteiger partial charge is 0.329 e. The number of carboxylic acid groups (broad SMARTS) is 1. The van der Waals surface area contributed by atoms with Crippen molar-refractivity contribution >= 4 is 21.9 Å². The zero-order valence-electron chi connectivity index (χ0n) is 15.8. The first-order chi connectivity index (χ1) is 12.6. The standard InChI is InChI=1S/C18H26N2O6S/c1-4-18(2,17(22)23)19-16(21)13-9-11-20(12-10-13)27(24,25)15-7-5-14(26-3)6-8-15/h5-8,13H,4,9-12H2,1-3H3,(H,19,21)(H,22,23). The third kappa shape index (κ3) is 4.59. The molecule has 1 aliphatic heterocycles. The van der Waals surface area contributed by atoms with Crippen molar-refractivity contribution in [3.05, 3.63) is 24.3 Å². The first-order valence-electron chi connectivity index (χ1n) is 8.83. The average Bonchev–Trinajstić information content (AvgIpc) is 2.67. The van der Waals surface area contributed by atoms with Crippen LogP contribution < -0.4 is 10.1 Å². The second-order valence-electron chi connectivity index (χ2n) is 6.83. The summed E-state index contributed by atoms with van der Waals surface area (Å²) in [5.74, 6) is -1.26. The number of piperidine rings is 1. The number of carbonyl (C=O) groups excluding carboxylic acids is 1. The Morgan fingerprint density at radius 3 is 2.26 bits per heavy atom. The van der Waals surface area contributed by atoms with E-state index in [1.807, 2.05) is 0 Å². The van der Waals surface area contributed by atoms with E-state index in [-0.39, 0.29) is 30.3 Å². The Hall–Kier alpha value is -2.13. The molecule has 1 atom stereocenters. The lowest BCUT2D eigenvalue weighted by Crippen LogP contribution is -2.54. The molecule has 2 N–H and O–H groups in total. The largest absolute Gasteiger partial charge is 0.497 e. The Kier molecular flexibility index (Phi) is 6.48. The van der Waals surface area contributed by atoms with Gasteiger partial charge in [0.15, 0.2) is 0 Å².